The van der Waals surface area contributed by atoms with Gasteiger partial charge in [0.15, 0.2) is 0 Å². The van der Waals surface area contributed by atoms with Crippen molar-refractivity contribution < 1.29 is 21.1 Å². The van der Waals surface area contributed by atoms with Crippen LogP contribution in [0.25, 0.3) is 0 Å². The van der Waals surface area contributed by atoms with Crippen LogP contribution in [0, 0.1) is 0 Å². The van der Waals surface area contributed by atoms with Crippen molar-refractivity contribution in [3.63, 3.8) is 0 Å². The van der Waals surface area contributed by atoms with E-state index in [2.05, 4.69) is 80.4 Å². The summed E-state index contributed by atoms with van der Waals surface area (Å²) in [5, 5.41) is 0. The van der Waals surface area contributed by atoms with Crippen LogP contribution in [0.4, 0.5) is 0 Å². The van der Waals surface area contributed by atoms with Gasteiger partial charge in [-0.3, -0.25) is 0 Å². The van der Waals surface area contributed by atoms with Crippen LogP contribution in [0.1, 0.15) is 85.6 Å². The zero-order chi connectivity index (χ0) is 21.5. The Morgan fingerprint density at radius 3 is 1.10 bits per heavy atom. The van der Waals surface area contributed by atoms with Gasteiger partial charge in [-0.25, -0.2) is 0 Å². The molecule has 0 atom stereocenters. The minimum absolute atomic E-state index is 1.25. The molecule has 0 heterocycles. The van der Waals surface area contributed by atoms with Crippen molar-refractivity contribution in [3.05, 3.63) is 35.9 Å². The molecule has 0 N–H and O–H groups in total. The molecule has 0 amide bonds. The maximum atomic E-state index is 3.04. The molecule has 0 radical (unpaired) electrons. The van der Waals surface area contributed by atoms with E-state index < -0.39 is 21.1 Å². The van der Waals surface area contributed by atoms with Crippen molar-refractivity contribution in [2.45, 2.75) is 84.2 Å². The Labute approximate surface area is 188 Å². The summed E-state index contributed by atoms with van der Waals surface area (Å²) in [4.78, 5) is 0. The summed E-state index contributed by atoms with van der Waals surface area (Å²) in [6.07, 6.45) is 7.53. The van der Waals surface area contributed by atoms with E-state index in [4.69, 9.17) is 0 Å². The van der Waals surface area contributed by atoms with Crippen LogP contribution in [0.2, 0.25) is 0 Å². The third-order valence-corrected chi connectivity index (χ3v) is 18.7. The van der Waals surface area contributed by atoms with Crippen molar-refractivity contribution in [2.24, 2.45) is 0 Å². The molecule has 0 bridgehead atoms. The van der Waals surface area contributed by atoms with Gasteiger partial charge in [0.25, 0.3) is 0 Å². The molecule has 0 unspecified atom stereocenters. The molecule has 0 aromatic heterocycles. The molecule has 0 aliphatic rings. The van der Waals surface area contributed by atoms with E-state index in [0.717, 1.165) is 0 Å². The van der Waals surface area contributed by atoms with Crippen LogP contribution in [0.5, 0.6) is 0 Å². The Bertz CT molecular complexity index is 449. The van der Waals surface area contributed by atoms with E-state index in [1.807, 2.05) is 0 Å². The van der Waals surface area contributed by atoms with Crippen molar-refractivity contribution in [1.29, 1.82) is 0 Å². The molecule has 0 spiro atoms. The van der Waals surface area contributed by atoms with Gasteiger partial charge in [0, 0.05) is 0 Å². The minimum atomic E-state index is -3.08. The fourth-order valence-corrected chi connectivity index (χ4v) is 19.9. The van der Waals surface area contributed by atoms with Crippen molar-refractivity contribution in [3.8, 4) is 0 Å². The summed E-state index contributed by atoms with van der Waals surface area (Å²) in [6, 6.07) is 11.4. The van der Waals surface area contributed by atoms with Gasteiger partial charge >= 0.3 is 189 Å². The number of hydrogen-bond acceptors (Lipinski definition) is 3. The third kappa shape index (κ3) is 7.87. The Morgan fingerprint density at radius 2 is 0.828 bits per heavy atom. The monoisotopic (exact) mass is 481 g/mol. The van der Waals surface area contributed by atoms with Gasteiger partial charge in [-0.05, 0) is 0 Å². The van der Waals surface area contributed by atoms with Crippen molar-refractivity contribution in [1.82, 2.24) is 8.53 Å². The molecule has 168 valence electrons. The first-order chi connectivity index (χ1) is 14.1. The molecule has 1 aromatic rings. The van der Waals surface area contributed by atoms with Gasteiger partial charge in [0.05, 0.1) is 0 Å². The average Bonchev–Trinajstić information content (AvgIpc) is 2.72. The van der Waals surface area contributed by atoms with Crippen LogP contribution < -0.4 is 0 Å². The first-order valence-corrected chi connectivity index (χ1v) is 17.5. The normalized spacial score (nSPS) is 12.4. The first kappa shape index (κ1) is 27.0. The van der Waals surface area contributed by atoms with Crippen LogP contribution >= 0.6 is 0 Å². The predicted molar refractivity (Wildman–Crippen MR) is 127 cm³/mol. The Morgan fingerprint density at radius 1 is 0.517 bits per heavy atom. The molecular formula is C25H49N3Zr. The first-order valence-electron chi connectivity index (χ1n) is 12.4. The van der Waals surface area contributed by atoms with Gasteiger partial charge in [-0.2, -0.15) is 0 Å². The second-order valence-corrected chi connectivity index (χ2v) is 17.7. The Kier molecular flexibility index (Phi) is 14.7. The molecule has 1 rings (SSSR count). The second-order valence-electron chi connectivity index (χ2n) is 8.40. The fourth-order valence-electron chi connectivity index (χ4n) is 4.83. The molecule has 4 heteroatoms. The maximum absolute atomic E-state index is 3.08. The second kappa shape index (κ2) is 15.7. The SMILES string of the molecule is CCC[N](CCC)[Zr]([CH2]c1ccccc1)([N](CCC)CCC)[N](CCC)CCC. The zero-order valence-electron chi connectivity index (χ0n) is 20.4. The molecule has 1 aromatic carbocycles. The third-order valence-electron chi connectivity index (χ3n) is 5.76. The summed E-state index contributed by atoms with van der Waals surface area (Å²) in [6.45, 7) is 21.8. The molecule has 0 aliphatic heterocycles. The van der Waals surface area contributed by atoms with Crippen molar-refractivity contribution >= 4 is 0 Å². The van der Waals surface area contributed by atoms with Gasteiger partial charge < -0.3 is 0 Å². The van der Waals surface area contributed by atoms with Crippen LogP contribution in [0.3, 0.4) is 0 Å². The molecule has 0 aliphatic carbocycles. The number of nitrogens with zero attached hydrogens (tertiary/aromatic N) is 3. The predicted octanol–water partition coefficient (Wildman–Crippen LogP) is 6.45. The van der Waals surface area contributed by atoms with E-state index in [1.54, 1.807) is 5.56 Å². The van der Waals surface area contributed by atoms with Gasteiger partial charge in [-0.15, -0.1) is 0 Å². The average molecular weight is 483 g/mol. The quantitative estimate of drug-likeness (QED) is 0.252. The summed E-state index contributed by atoms with van der Waals surface area (Å²) < 4.78 is 10.4. The van der Waals surface area contributed by atoms with E-state index in [9.17, 15) is 0 Å². The van der Waals surface area contributed by atoms with Gasteiger partial charge in [0.1, 0.15) is 0 Å². The van der Waals surface area contributed by atoms with Crippen LogP contribution in [-0.2, 0) is 25.3 Å². The summed E-state index contributed by atoms with van der Waals surface area (Å²) in [5.41, 5.74) is 1.55. The summed E-state index contributed by atoms with van der Waals surface area (Å²) in [7, 11) is 0. The molecule has 29 heavy (non-hydrogen) atoms. The van der Waals surface area contributed by atoms with Gasteiger partial charge in [0.2, 0.25) is 0 Å². The molecule has 3 nitrogen and oxygen atoms in total. The molecule has 0 fully saturated rings. The molecule has 0 saturated heterocycles. The van der Waals surface area contributed by atoms with Gasteiger partial charge in [-0.1, -0.05) is 0 Å². The van der Waals surface area contributed by atoms with E-state index in [1.165, 1.54) is 81.9 Å². The number of hydrogen-bond donors (Lipinski definition) is 0. The molecule has 0 saturated carbocycles. The van der Waals surface area contributed by atoms with E-state index in [-0.39, 0.29) is 0 Å². The number of benzene rings is 1. The van der Waals surface area contributed by atoms with Crippen molar-refractivity contribution in [2.75, 3.05) is 39.3 Å². The number of rotatable bonds is 17. The molecular weight excluding hydrogens is 434 g/mol. The Hall–Kier alpha value is -0.0169. The fraction of sp³-hybridized carbons (Fsp3) is 0.760. The zero-order valence-corrected chi connectivity index (χ0v) is 22.9. The van der Waals surface area contributed by atoms with Crippen LogP contribution in [-0.4, -0.2) is 47.8 Å². The van der Waals surface area contributed by atoms with Crippen LogP contribution in [0.15, 0.2) is 30.3 Å². The summed E-state index contributed by atoms with van der Waals surface area (Å²) in [5.74, 6) is 0. The summed E-state index contributed by atoms with van der Waals surface area (Å²) >= 11 is -3.08. The standard InChI is InChI=1S/C7H7.3C6H14N.Zr/c1-7-5-3-2-4-6-7;3*1-3-5-7-6-4-2;/h2-6H,1H2;3*3-6H2,1-2H3;/q;3*-1;+3. The Balaban J connectivity index is 3.63. The topological polar surface area (TPSA) is 9.72 Å². The van der Waals surface area contributed by atoms with E-state index in [0.29, 0.717) is 0 Å². The van der Waals surface area contributed by atoms with E-state index >= 15 is 0 Å².